The van der Waals surface area contributed by atoms with Gasteiger partial charge >= 0.3 is 6.09 Å². The Bertz CT molecular complexity index is 732. The monoisotopic (exact) mass is 307 g/mol. The maximum Gasteiger partial charge on any atom is 0.407 e. The Kier molecular flexibility index (Phi) is 4.26. The predicted molar refractivity (Wildman–Crippen MR) is 87.9 cm³/mol. The van der Waals surface area contributed by atoms with Crippen LogP contribution in [0.4, 0.5) is 4.79 Å². The molecule has 0 heterocycles. The van der Waals surface area contributed by atoms with Gasteiger partial charge in [-0.25, -0.2) is 9.59 Å². The van der Waals surface area contributed by atoms with Gasteiger partial charge in [-0.2, -0.15) is 0 Å². The number of alkyl carbamates (subject to hydrolysis) is 1. The fraction of sp³-hybridized carbons (Fsp3) is 0.211. The maximum atomic E-state index is 11.8. The molecule has 0 saturated carbocycles. The summed E-state index contributed by atoms with van der Waals surface area (Å²) in [5.74, 6) is 1.68. The predicted octanol–water partition coefficient (Wildman–Crippen LogP) is 3.30. The molecule has 0 fully saturated rings. The summed E-state index contributed by atoms with van der Waals surface area (Å²) in [6, 6.07) is 15.9. The lowest BCUT2D eigenvalue weighted by Crippen LogP contribution is -2.32. The van der Waals surface area contributed by atoms with Gasteiger partial charge < -0.3 is 10.1 Å². The molecule has 0 bridgehead atoms. The van der Waals surface area contributed by atoms with Crippen LogP contribution < -0.4 is 5.32 Å². The van der Waals surface area contributed by atoms with Crippen molar-refractivity contribution in [3.05, 3.63) is 65.7 Å². The lowest BCUT2D eigenvalue weighted by atomic mass is 9.98. The molecule has 1 atom stereocenters. The molecule has 4 nitrogen and oxygen atoms in total. The van der Waals surface area contributed by atoms with E-state index in [9.17, 15) is 9.59 Å². The number of amides is 1. The number of fused-ring (bicyclic) bond motifs is 3. The highest BCUT2D eigenvalue weighted by Gasteiger charge is 2.28. The van der Waals surface area contributed by atoms with E-state index in [1.807, 2.05) is 24.3 Å². The van der Waals surface area contributed by atoms with Gasteiger partial charge in [0.25, 0.3) is 0 Å². The number of hydrogen-bond acceptors (Lipinski definition) is 3. The van der Waals surface area contributed by atoms with Gasteiger partial charge in [0.2, 0.25) is 0 Å². The lowest BCUT2D eigenvalue weighted by Gasteiger charge is -2.15. The third-order valence-electron chi connectivity index (χ3n) is 4.01. The van der Waals surface area contributed by atoms with Crippen LogP contribution in [0.15, 0.2) is 54.6 Å². The third kappa shape index (κ3) is 3.03. The van der Waals surface area contributed by atoms with E-state index in [4.69, 9.17) is 4.74 Å². The molecular formula is C19H17NO3. The van der Waals surface area contributed by atoms with Crippen molar-refractivity contribution in [3.63, 3.8) is 0 Å². The van der Waals surface area contributed by atoms with Crippen LogP contribution in [0.2, 0.25) is 0 Å². The van der Waals surface area contributed by atoms with Crippen LogP contribution in [0.1, 0.15) is 24.0 Å². The largest absolute Gasteiger partial charge is 0.449 e. The molecule has 1 aliphatic carbocycles. The molecule has 116 valence electrons. The Labute approximate surface area is 134 Å². The van der Waals surface area contributed by atoms with Gasteiger partial charge in [0.05, 0.1) is 6.04 Å². The van der Waals surface area contributed by atoms with Gasteiger partial charge in [-0.15, -0.1) is 0 Å². The zero-order valence-corrected chi connectivity index (χ0v) is 12.8. The maximum absolute atomic E-state index is 11.8. The molecular weight excluding hydrogens is 290 g/mol. The van der Waals surface area contributed by atoms with Crippen molar-refractivity contribution in [2.24, 2.45) is 0 Å². The van der Waals surface area contributed by atoms with E-state index in [2.05, 4.69) is 29.6 Å². The van der Waals surface area contributed by atoms with Crippen molar-refractivity contribution >= 4 is 12.0 Å². The molecule has 3 rings (SSSR count). The van der Waals surface area contributed by atoms with Gasteiger partial charge in [-0.1, -0.05) is 48.5 Å². The highest BCUT2D eigenvalue weighted by Crippen LogP contribution is 2.44. The molecule has 0 unspecified atom stereocenters. The molecule has 0 spiro atoms. The standard InChI is InChI=1S/C19H17NO3/c1-13(10-11-21)20-19(22)23-12-18-16-8-4-2-6-14(16)15-7-3-5-9-17(15)18/h2-10,13,18H,12H2,1H3,(H,20,22)/t13-/m0/s1. The Morgan fingerprint density at radius 2 is 1.74 bits per heavy atom. The van der Waals surface area contributed by atoms with Crippen molar-refractivity contribution < 1.29 is 14.3 Å². The van der Waals surface area contributed by atoms with Crippen LogP contribution in [0.3, 0.4) is 0 Å². The third-order valence-corrected chi connectivity index (χ3v) is 4.01. The van der Waals surface area contributed by atoms with Crippen molar-refractivity contribution in [2.75, 3.05) is 6.61 Å². The summed E-state index contributed by atoms with van der Waals surface area (Å²) in [6.07, 6.45) is 0.701. The minimum atomic E-state index is -0.536. The average molecular weight is 307 g/mol. The zero-order chi connectivity index (χ0) is 16.2. The molecule has 1 amide bonds. The molecule has 1 N–H and O–H groups in total. The van der Waals surface area contributed by atoms with E-state index < -0.39 is 12.1 Å². The highest BCUT2D eigenvalue weighted by molar-refractivity contribution is 5.79. The average Bonchev–Trinajstić information content (AvgIpc) is 2.87. The molecule has 0 saturated heterocycles. The van der Waals surface area contributed by atoms with E-state index in [0.29, 0.717) is 0 Å². The summed E-state index contributed by atoms with van der Waals surface area (Å²) >= 11 is 0. The van der Waals surface area contributed by atoms with Crippen LogP contribution in [-0.2, 0) is 9.53 Å². The van der Waals surface area contributed by atoms with Gasteiger partial charge in [0.15, 0.2) is 0 Å². The van der Waals surface area contributed by atoms with Gasteiger partial charge in [-0.3, -0.25) is 0 Å². The molecule has 23 heavy (non-hydrogen) atoms. The minimum Gasteiger partial charge on any atom is -0.449 e. The zero-order valence-electron chi connectivity index (χ0n) is 12.8. The topological polar surface area (TPSA) is 55.4 Å². The van der Waals surface area contributed by atoms with Gasteiger partial charge in [0.1, 0.15) is 12.5 Å². The lowest BCUT2D eigenvalue weighted by molar-refractivity contribution is 0.141. The summed E-state index contributed by atoms with van der Waals surface area (Å²) in [5.41, 5.74) is 4.72. The molecule has 2 aromatic carbocycles. The highest BCUT2D eigenvalue weighted by atomic mass is 16.5. The molecule has 0 aliphatic heterocycles. The molecule has 4 heteroatoms. The number of carbonyl (C=O) groups excluding carboxylic acids is 2. The first kappa shape index (κ1) is 15.1. The number of carbonyl (C=O) groups is 1. The molecule has 1 aliphatic rings. The Hall–Kier alpha value is -2.84. The van der Waals surface area contributed by atoms with Crippen LogP contribution >= 0.6 is 0 Å². The first-order valence-electron chi connectivity index (χ1n) is 7.53. The first-order chi connectivity index (χ1) is 11.2. The second-order valence-corrected chi connectivity index (χ2v) is 5.54. The molecule has 0 radical (unpaired) electrons. The Morgan fingerprint density at radius 1 is 1.17 bits per heavy atom. The second-order valence-electron chi connectivity index (χ2n) is 5.54. The minimum absolute atomic E-state index is 0.0325. The van der Waals surface area contributed by atoms with Crippen molar-refractivity contribution in [1.29, 1.82) is 0 Å². The van der Waals surface area contributed by atoms with E-state index in [1.54, 1.807) is 12.9 Å². The van der Waals surface area contributed by atoms with Crippen LogP contribution in [0.25, 0.3) is 11.1 Å². The summed E-state index contributed by atoms with van der Waals surface area (Å²) in [7, 11) is 0. The molecule has 2 aromatic rings. The first-order valence-corrected chi connectivity index (χ1v) is 7.53. The Morgan fingerprint density at radius 3 is 2.30 bits per heavy atom. The summed E-state index contributed by atoms with van der Waals surface area (Å²) in [5, 5.41) is 2.57. The van der Waals surface area contributed by atoms with Crippen molar-refractivity contribution in [3.8, 4) is 11.1 Å². The number of rotatable bonds is 4. The number of nitrogens with one attached hydrogen (secondary N) is 1. The summed E-state index contributed by atoms with van der Waals surface area (Å²) in [4.78, 5) is 22.1. The van der Waals surface area contributed by atoms with E-state index in [-0.39, 0.29) is 12.5 Å². The van der Waals surface area contributed by atoms with Crippen molar-refractivity contribution in [2.45, 2.75) is 18.9 Å². The van der Waals surface area contributed by atoms with Crippen molar-refractivity contribution in [1.82, 2.24) is 5.32 Å². The van der Waals surface area contributed by atoms with Gasteiger partial charge in [0, 0.05) is 12.0 Å². The summed E-state index contributed by atoms with van der Waals surface area (Å²) in [6.45, 7) is 1.95. The van der Waals surface area contributed by atoms with E-state index >= 15 is 0 Å². The summed E-state index contributed by atoms with van der Waals surface area (Å²) < 4.78 is 5.36. The van der Waals surface area contributed by atoms with E-state index in [1.165, 1.54) is 28.3 Å². The number of hydrogen-bond donors (Lipinski definition) is 1. The van der Waals surface area contributed by atoms with Gasteiger partial charge in [-0.05, 0) is 29.2 Å². The quantitative estimate of drug-likeness (QED) is 0.882. The van der Waals surface area contributed by atoms with Crippen LogP contribution in [0, 0.1) is 0 Å². The number of ether oxygens (including phenoxy) is 1. The van der Waals surface area contributed by atoms with Crippen LogP contribution in [-0.4, -0.2) is 24.7 Å². The normalized spacial score (nSPS) is 13.4. The Balaban J connectivity index is 1.76. The second kappa shape index (κ2) is 6.51. The smallest absolute Gasteiger partial charge is 0.407 e. The number of benzene rings is 2. The molecule has 0 aromatic heterocycles. The SMILES string of the molecule is C[C@@H](C=C=O)NC(=O)OCC1c2ccccc2-c2ccccc21. The van der Waals surface area contributed by atoms with E-state index in [0.717, 1.165) is 0 Å². The van der Waals surface area contributed by atoms with Crippen LogP contribution in [0.5, 0.6) is 0 Å². The fourth-order valence-corrected chi connectivity index (χ4v) is 2.97. The fourth-order valence-electron chi connectivity index (χ4n) is 2.97.